The molecule has 0 aliphatic carbocycles. The fourth-order valence-electron chi connectivity index (χ4n) is 2.93. The third-order valence-corrected chi connectivity index (χ3v) is 4.20. The number of carbonyl (C=O) groups excluding carboxylic acids is 1. The number of phenols is 1. The van der Waals surface area contributed by atoms with Crippen molar-refractivity contribution >= 4 is 33.6 Å². The van der Waals surface area contributed by atoms with Gasteiger partial charge in [-0.1, -0.05) is 48.5 Å². The maximum Gasteiger partial charge on any atom is 0.347 e. The summed E-state index contributed by atoms with van der Waals surface area (Å²) in [6.07, 6.45) is 2.85. The Morgan fingerprint density at radius 1 is 0.923 bits per heavy atom. The van der Waals surface area contributed by atoms with Crippen LogP contribution in [-0.2, 0) is 0 Å². The summed E-state index contributed by atoms with van der Waals surface area (Å²) in [5.74, 6) is -0.340. The van der Waals surface area contributed by atoms with E-state index in [9.17, 15) is 14.7 Å². The molecule has 0 bridgehead atoms. The Bertz CT molecular complexity index is 1230. The second-order valence-electron chi connectivity index (χ2n) is 5.94. The summed E-state index contributed by atoms with van der Waals surface area (Å²) in [6, 6.07) is 19.4. The monoisotopic (exact) mass is 342 g/mol. The third kappa shape index (κ3) is 2.89. The molecule has 4 nitrogen and oxygen atoms in total. The molecule has 4 heteroatoms. The lowest BCUT2D eigenvalue weighted by atomic mass is 10.0. The van der Waals surface area contributed by atoms with Crippen molar-refractivity contribution in [3.63, 3.8) is 0 Å². The summed E-state index contributed by atoms with van der Waals surface area (Å²) in [6.45, 7) is 0. The van der Waals surface area contributed by atoms with Crippen LogP contribution < -0.4 is 5.63 Å². The fraction of sp³-hybridized carbons (Fsp3) is 0. The number of aromatic hydroxyl groups is 1. The maximum absolute atomic E-state index is 12.5. The highest BCUT2D eigenvalue weighted by molar-refractivity contribution is 6.11. The van der Waals surface area contributed by atoms with Crippen molar-refractivity contribution in [2.75, 3.05) is 0 Å². The lowest BCUT2D eigenvalue weighted by molar-refractivity contribution is 0.104. The van der Waals surface area contributed by atoms with Gasteiger partial charge in [-0.05, 0) is 46.7 Å². The van der Waals surface area contributed by atoms with Crippen LogP contribution in [0.1, 0.15) is 15.9 Å². The van der Waals surface area contributed by atoms with Crippen molar-refractivity contribution in [2.24, 2.45) is 0 Å². The van der Waals surface area contributed by atoms with Gasteiger partial charge in [0.1, 0.15) is 16.9 Å². The quantitative estimate of drug-likeness (QED) is 0.257. The van der Waals surface area contributed by atoms with Crippen LogP contribution in [0, 0.1) is 0 Å². The van der Waals surface area contributed by atoms with Gasteiger partial charge in [0, 0.05) is 5.39 Å². The molecule has 0 fully saturated rings. The van der Waals surface area contributed by atoms with E-state index in [4.69, 9.17) is 4.42 Å². The van der Waals surface area contributed by atoms with E-state index in [1.807, 2.05) is 30.3 Å². The zero-order valence-electron chi connectivity index (χ0n) is 13.7. The molecule has 0 aliphatic heterocycles. The highest BCUT2D eigenvalue weighted by Gasteiger charge is 2.13. The summed E-state index contributed by atoms with van der Waals surface area (Å²) in [5, 5.41) is 12.1. The first-order chi connectivity index (χ1) is 12.6. The van der Waals surface area contributed by atoms with Crippen molar-refractivity contribution < 1.29 is 14.3 Å². The molecule has 0 amide bonds. The molecule has 0 saturated carbocycles. The van der Waals surface area contributed by atoms with E-state index in [2.05, 4.69) is 0 Å². The van der Waals surface area contributed by atoms with Gasteiger partial charge in [-0.25, -0.2) is 4.79 Å². The van der Waals surface area contributed by atoms with Crippen LogP contribution in [0.4, 0.5) is 0 Å². The molecule has 1 heterocycles. The number of ketones is 1. The molecule has 0 unspecified atom stereocenters. The van der Waals surface area contributed by atoms with Gasteiger partial charge in [0.05, 0.1) is 0 Å². The van der Waals surface area contributed by atoms with Crippen LogP contribution in [-0.4, -0.2) is 10.9 Å². The minimum absolute atomic E-state index is 0.0229. The smallest absolute Gasteiger partial charge is 0.347 e. The number of hydrogen-bond donors (Lipinski definition) is 1. The van der Waals surface area contributed by atoms with Gasteiger partial charge in [0.2, 0.25) is 0 Å². The number of hydrogen-bond acceptors (Lipinski definition) is 4. The number of phenolic OH excluding ortho intramolecular Hbond substituents is 1. The van der Waals surface area contributed by atoms with Crippen molar-refractivity contribution in [3.8, 4) is 5.75 Å². The highest BCUT2D eigenvalue weighted by atomic mass is 16.4. The maximum atomic E-state index is 12.5. The van der Waals surface area contributed by atoms with E-state index in [1.54, 1.807) is 36.4 Å². The van der Waals surface area contributed by atoms with Gasteiger partial charge in [-0.2, -0.15) is 0 Å². The first-order valence-corrected chi connectivity index (χ1v) is 8.09. The molecule has 0 radical (unpaired) electrons. The topological polar surface area (TPSA) is 67.5 Å². The van der Waals surface area contributed by atoms with Crippen LogP contribution in [0.15, 0.2) is 82.0 Å². The van der Waals surface area contributed by atoms with Crippen LogP contribution in [0.2, 0.25) is 0 Å². The van der Waals surface area contributed by atoms with Gasteiger partial charge < -0.3 is 9.52 Å². The Morgan fingerprint density at radius 2 is 1.77 bits per heavy atom. The molecular weight excluding hydrogens is 328 g/mol. The zero-order chi connectivity index (χ0) is 18.1. The number of benzene rings is 3. The molecular formula is C22H14O4. The van der Waals surface area contributed by atoms with Gasteiger partial charge in [-0.3, -0.25) is 4.79 Å². The molecule has 3 aromatic carbocycles. The first-order valence-electron chi connectivity index (χ1n) is 8.09. The van der Waals surface area contributed by atoms with E-state index >= 15 is 0 Å². The summed E-state index contributed by atoms with van der Waals surface area (Å²) < 4.78 is 5.34. The summed E-state index contributed by atoms with van der Waals surface area (Å²) >= 11 is 0. The minimum atomic E-state index is -0.668. The first kappa shape index (κ1) is 15.8. The van der Waals surface area contributed by atoms with Crippen molar-refractivity contribution in [3.05, 3.63) is 94.4 Å². The number of allylic oxidation sites excluding steroid dienone is 1. The number of carbonyl (C=O) groups is 1. The molecule has 4 rings (SSSR count). The second-order valence-corrected chi connectivity index (χ2v) is 5.94. The third-order valence-electron chi connectivity index (χ3n) is 4.20. The summed E-state index contributed by atoms with van der Waals surface area (Å²) in [4.78, 5) is 24.7. The van der Waals surface area contributed by atoms with Gasteiger partial charge in [0.15, 0.2) is 5.78 Å². The number of rotatable bonds is 3. The van der Waals surface area contributed by atoms with Crippen molar-refractivity contribution in [1.82, 2.24) is 0 Å². The largest absolute Gasteiger partial charge is 0.508 e. The predicted molar refractivity (Wildman–Crippen MR) is 101 cm³/mol. The van der Waals surface area contributed by atoms with E-state index in [1.165, 1.54) is 12.1 Å². The van der Waals surface area contributed by atoms with Crippen LogP contribution in [0.3, 0.4) is 0 Å². The second kappa shape index (κ2) is 6.33. The fourth-order valence-corrected chi connectivity index (χ4v) is 2.93. The average Bonchev–Trinajstić information content (AvgIpc) is 2.65. The SMILES string of the molecule is O=C(/C=C/c1cccc(O)c1)c1cc2c(ccc3ccccc32)oc1=O. The molecule has 126 valence electrons. The minimum Gasteiger partial charge on any atom is -0.508 e. The predicted octanol–water partition coefficient (Wildman–Crippen LogP) is 4.55. The molecule has 0 saturated heterocycles. The van der Waals surface area contributed by atoms with Gasteiger partial charge in [-0.15, -0.1) is 0 Å². The van der Waals surface area contributed by atoms with Gasteiger partial charge >= 0.3 is 5.63 Å². The molecule has 26 heavy (non-hydrogen) atoms. The summed E-state index contributed by atoms with van der Waals surface area (Å²) in [7, 11) is 0. The average molecular weight is 342 g/mol. The molecule has 0 spiro atoms. The normalized spacial score (nSPS) is 11.4. The lowest BCUT2D eigenvalue weighted by Gasteiger charge is -2.04. The molecule has 0 atom stereocenters. The van der Waals surface area contributed by atoms with Crippen LogP contribution >= 0.6 is 0 Å². The van der Waals surface area contributed by atoms with Crippen molar-refractivity contribution in [2.45, 2.75) is 0 Å². The van der Waals surface area contributed by atoms with E-state index in [0.717, 1.165) is 16.2 Å². The lowest BCUT2D eigenvalue weighted by Crippen LogP contribution is -2.12. The standard InChI is InChI=1S/C22H14O4/c23-16-6-3-4-14(12-16)8-10-20(24)19-13-18-17-7-2-1-5-15(17)9-11-21(18)26-22(19)25/h1-13,23H/b10-8+. The van der Waals surface area contributed by atoms with Crippen LogP contribution in [0.25, 0.3) is 27.8 Å². The Kier molecular flexibility index (Phi) is 3.86. The number of fused-ring (bicyclic) bond motifs is 3. The van der Waals surface area contributed by atoms with Crippen molar-refractivity contribution in [1.29, 1.82) is 0 Å². The Hall–Kier alpha value is -3.66. The highest BCUT2D eigenvalue weighted by Crippen LogP contribution is 2.25. The molecule has 0 aliphatic rings. The Morgan fingerprint density at radius 3 is 2.62 bits per heavy atom. The molecule has 1 aromatic heterocycles. The molecule has 1 N–H and O–H groups in total. The van der Waals surface area contributed by atoms with E-state index in [0.29, 0.717) is 11.1 Å². The Labute approximate surface area is 148 Å². The summed E-state index contributed by atoms with van der Waals surface area (Å²) in [5.41, 5.74) is 0.416. The zero-order valence-corrected chi connectivity index (χ0v) is 13.7. The van der Waals surface area contributed by atoms with Crippen LogP contribution in [0.5, 0.6) is 5.75 Å². The van der Waals surface area contributed by atoms with E-state index in [-0.39, 0.29) is 11.3 Å². The van der Waals surface area contributed by atoms with E-state index < -0.39 is 11.4 Å². The Balaban J connectivity index is 1.80. The molecule has 4 aromatic rings. The van der Waals surface area contributed by atoms with Gasteiger partial charge in [0.25, 0.3) is 0 Å².